The maximum atomic E-state index is 12.3. The van der Waals surface area contributed by atoms with E-state index in [0.29, 0.717) is 16.4 Å². The van der Waals surface area contributed by atoms with Crippen LogP contribution in [-0.2, 0) is 9.59 Å². The standard InChI is InChI=1S/C21H21N3O3S/c1-12-7-8-13(2)17(9-12)23-21-24-20(27)18(28-21)11-19(26)22-16-6-4-5-15(10-16)14(3)25/h4-10,18H,11H2,1-3H3,(H,22,26)(H,23,24,27)/t18-/m1/s1. The Morgan fingerprint density at radius 3 is 2.71 bits per heavy atom. The average Bonchev–Trinajstić information content (AvgIpc) is 2.97. The van der Waals surface area contributed by atoms with Gasteiger partial charge in [0, 0.05) is 17.7 Å². The van der Waals surface area contributed by atoms with Crippen LogP contribution in [0.5, 0.6) is 0 Å². The number of nitrogens with zero attached hydrogens (tertiary/aromatic N) is 1. The Labute approximate surface area is 167 Å². The molecule has 0 unspecified atom stereocenters. The Kier molecular flexibility index (Phi) is 5.94. The summed E-state index contributed by atoms with van der Waals surface area (Å²) in [5.74, 6) is -0.600. The van der Waals surface area contributed by atoms with E-state index in [1.165, 1.54) is 18.7 Å². The Hall–Kier alpha value is -2.93. The summed E-state index contributed by atoms with van der Waals surface area (Å²) < 4.78 is 0. The fourth-order valence-corrected chi connectivity index (χ4v) is 3.72. The number of rotatable bonds is 5. The van der Waals surface area contributed by atoms with Crippen LogP contribution in [0.1, 0.15) is 34.8 Å². The number of amides is 2. The summed E-state index contributed by atoms with van der Waals surface area (Å²) in [4.78, 5) is 40.5. The quantitative estimate of drug-likeness (QED) is 0.755. The molecule has 2 amide bonds. The van der Waals surface area contributed by atoms with E-state index in [9.17, 15) is 14.4 Å². The van der Waals surface area contributed by atoms with Crippen LogP contribution in [0, 0.1) is 13.8 Å². The summed E-state index contributed by atoms with van der Waals surface area (Å²) in [5, 5.41) is 5.44. The number of benzene rings is 2. The monoisotopic (exact) mass is 395 g/mol. The maximum absolute atomic E-state index is 12.3. The molecule has 0 saturated carbocycles. The van der Waals surface area contributed by atoms with Gasteiger partial charge < -0.3 is 10.6 Å². The van der Waals surface area contributed by atoms with Gasteiger partial charge in [-0.2, -0.15) is 0 Å². The highest BCUT2D eigenvalue weighted by Gasteiger charge is 2.32. The Morgan fingerprint density at radius 2 is 1.96 bits per heavy atom. The lowest BCUT2D eigenvalue weighted by Crippen LogP contribution is -2.28. The van der Waals surface area contributed by atoms with Crippen molar-refractivity contribution in [1.82, 2.24) is 5.32 Å². The van der Waals surface area contributed by atoms with Gasteiger partial charge in [-0.25, -0.2) is 4.99 Å². The summed E-state index contributed by atoms with van der Waals surface area (Å²) in [6.45, 7) is 5.41. The van der Waals surface area contributed by atoms with E-state index in [1.807, 2.05) is 32.0 Å². The molecule has 6 nitrogen and oxygen atoms in total. The zero-order valence-corrected chi connectivity index (χ0v) is 16.7. The minimum atomic E-state index is -0.542. The van der Waals surface area contributed by atoms with E-state index in [-0.39, 0.29) is 24.0 Å². The van der Waals surface area contributed by atoms with Crippen molar-refractivity contribution in [3.8, 4) is 0 Å². The molecule has 1 fully saturated rings. The van der Waals surface area contributed by atoms with Crippen molar-refractivity contribution in [2.75, 3.05) is 5.32 Å². The highest BCUT2D eigenvalue weighted by atomic mass is 32.2. The molecule has 0 radical (unpaired) electrons. The third-order valence-corrected chi connectivity index (χ3v) is 5.37. The van der Waals surface area contributed by atoms with Crippen molar-refractivity contribution in [2.24, 2.45) is 4.99 Å². The van der Waals surface area contributed by atoms with Gasteiger partial charge in [-0.05, 0) is 50.1 Å². The molecule has 1 atom stereocenters. The Morgan fingerprint density at radius 1 is 1.18 bits per heavy atom. The van der Waals surface area contributed by atoms with Gasteiger partial charge in [0.05, 0.1) is 5.69 Å². The second kappa shape index (κ2) is 8.39. The molecule has 1 saturated heterocycles. The maximum Gasteiger partial charge on any atom is 0.240 e. The number of aryl methyl sites for hydroxylation is 2. The molecule has 1 aliphatic heterocycles. The Balaban J connectivity index is 1.65. The largest absolute Gasteiger partial charge is 0.326 e. The minimum absolute atomic E-state index is 0.0205. The zero-order chi connectivity index (χ0) is 20.3. The highest BCUT2D eigenvalue weighted by molar-refractivity contribution is 8.15. The van der Waals surface area contributed by atoms with Gasteiger partial charge in [0.15, 0.2) is 11.0 Å². The lowest BCUT2D eigenvalue weighted by molar-refractivity contribution is -0.122. The van der Waals surface area contributed by atoms with E-state index in [2.05, 4.69) is 15.6 Å². The van der Waals surface area contributed by atoms with E-state index >= 15 is 0 Å². The van der Waals surface area contributed by atoms with E-state index in [0.717, 1.165) is 16.8 Å². The summed E-state index contributed by atoms with van der Waals surface area (Å²) >= 11 is 1.25. The van der Waals surface area contributed by atoms with Crippen LogP contribution in [0.2, 0.25) is 0 Å². The SMILES string of the molecule is CC(=O)c1cccc(NC(=O)C[C@H]2SC(=Nc3cc(C)ccc3C)NC2=O)c1. The fraction of sp³-hybridized carbons (Fsp3) is 0.238. The molecule has 0 aromatic heterocycles. The van der Waals surface area contributed by atoms with Crippen LogP contribution in [-0.4, -0.2) is 28.0 Å². The van der Waals surface area contributed by atoms with Gasteiger partial charge in [0.2, 0.25) is 11.8 Å². The van der Waals surface area contributed by atoms with Crippen molar-refractivity contribution in [3.05, 3.63) is 59.2 Å². The summed E-state index contributed by atoms with van der Waals surface area (Å²) in [5.41, 5.74) is 3.95. The third-order valence-electron chi connectivity index (χ3n) is 4.29. The van der Waals surface area contributed by atoms with Crippen LogP contribution < -0.4 is 10.6 Å². The van der Waals surface area contributed by atoms with Crippen molar-refractivity contribution in [1.29, 1.82) is 0 Å². The predicted octanol–water partition coefficient (Wildman–Crippen LogP) is 3.75. The molecular weight excluding hydrogens is 374 g/mol. The molecule has 2 aromatic rings. The van der Waals surface area contributed by atoms with Crippen LogP contribution in [0.3, 0.4) is 0 Å². The first kappa shape index (κ1) is 19.8. The van der Waals surface area contributed by atoms with Gasteiger partial charge in [-0.3, -0.25) is 14.4 Å². The van der Waals surface area contributed by atoms with Crippen LogP contribution in [0.25, 0.3) is 0 Å². The molecular formula is C21H21N3O3S. The number of ketones is 1. The molecule has 1 heterocycles. The average molecular weight is 395 g/mol. The van der Waals surface area contributed by atoms with E-state index < -0.39 is 5.25 Å². The molecule has 3 rings (SSSR count). The Bertz CT molecular complexity index is 985. The molecule has 7 heteroatoms. The number of Topliss-reactive ketones (excluding diaryl/α,β-unsaturated/α-hetero) is 1. The highest BCUT2D eigenvalue weighted by Crippen LogP contribution is 2.27. The second-order valence-electron chi connectivity index (χ2n) is 6.69. The van der Waals surface area contributed by atoms with Gasteiger partial charge in [-0.1, -0.05) is 36.0 Å². The molecule has 0 spiro atoms. The number of carbonyl (C=O) groups excluding carboxylic acids is 3. The van der Waals surface area contributed by atoms with Crippen molar-refractivity contribution < 1.29 is 14.4 Å². The van der Waals surface area contributed by atoms with E-state index in [4.69, 9.17) is 0 Å². The molecule has 0 bridgehead atoms. The lowest BCUT2D eigenvalue weighted by Gasteiger charge is -2.08. The summed E-state index contributed by atoms with van der Waals surface area (Å²) in [6, 6.07) is 12.7. The first-order chi connectivity index (χ1) is 13.3. The molecule has 144 valence electrons. The summed E-state index contributed by atoms with van der Waals surface area (Å²) in [7, 11) is 0. The third kappa shape index (κ3) is 4.86. The molecule has 28 heavy (non-hydrogen) atoms. The van der Waals surface area contributed by atoms with Crippen LogP contribution in [0.15, 0.2) is 47.5 Å². The minimum Gasteiger partial charge on any atom is -0.326 e. The number of thioether (sulfide) groups is 1. The normalized spacial score (nSPS) is 17.5. The second-order valence-corrected chi connectivity index (χ2v) is 7.88. The van der Waals surface area contributed by atoms with Crippen molar-refractivity contribution >= 4 is 45.9 Å². The molecule has 2 N–H and O–H groups in total. The lowest BCUT2D eigenvalue weighted by atomic mass is 10.1. The number of hydrogen-bond donors (Lipinski definition) is 2. The topological polar surface area (TPSA) is 87.6 Å². The number of nitrogens with one attached hydrogen (secondary N) is 2. The van der Waals surface area contributed by atoms with Crippen molar-refractivity contribution in [2.45, 2.75) is 32.4 Å². The first-order valence-corrected chi connectivity index (χ1v) is 9.74. The fourth-order valence-electron chi connectivity index (χ4n) is 2.74. The number of hydrogen-bond acceptors (Lipinski definition) is 5. The number of anilines is 1. The van der Waals surface area contributed by atoms with Gasteiger partial charge in [0.25, 0.3) is 0 Å². The zero-order valence-electron chi connectivity index (χ0n) is 15.9. The van der Waals surface area contributed by atoms with Crippen LogP contribution >= 0.6 is 11.8 Å². The van der Waals surface area contributed by atoms with Gasteiger partial charge in [0.1, 0.15) is 5.25 Å². The predicted molar refractivity (Wildman–Crippen MR) is 112 cm³/mol. The van der Waals surface area contributed by atoms with E-state index in [1.54, 1.807) is 24.3 Å². The molecule has 1 aliphatic rings. The summed E-state index contributed by atoms with van der Waals surface area (Å²) in [6.07, 6.45) is 0.0205. The first-order valence-electron chi connectivity index (χ1n) is 8.86. The number of aliphatic imine (C=N–C) groups is 1. The molecule has 0 aliphatic carbocycles. The number of carbonyl (C=O) groups is 3. The number of amidine groups is 1. The van der Waals surface area contributed by atoms with Crippen molar-refractivity contribution in [3.63, 3.8) is 0 Å². The molecule has 2 aromatic carbocycles. The van der Waals surface area contributed by atoms with Gasteiger partial charge in [-0.15, -0.1) is 0 Å². The van der Waals surface area contributed by atoms with Gasteiger partial charge >= 0.3 is 0 Å². The van der Waals surface area contributed by atoms with Crippen LogP contribution in [0.4, 0.5) is 11.4 Å². The smallest absolute Gasteiger partial charge is 0.240 e.